The summed E-state index contributed by atoms with van der Waals surface area (Å²) in [5.74, 6) is 0.154. The van der Waals surface area contributed by atoms with E-state index in [0.29, 0.717) is 5.41 Å². The molecule has 1 atom stereocenters. The molecule has 0 saturated carbocycles. The van der Waals surface area contributed by atoms with Gasteiger partial charge in [0, 0.05) is 6.54 Å². The van der Waals surface area contributed by atoms with E-state index in [9.17, 15) is 4.79 Å². The minimum absolute atomic E-state index is 0.0361. The molecule has 0 radical (unpaired) electrons. The summed E-state index contributed by atoms with van der Waals surface area (Å²) in [5, 5.41) is 3.09. The minimum atomic E-state index is -0.0361. The van der Waals surface area contributed by atoms with Crippen LogP contribution in [0.3, 0.4) is 0 Å². The third-order valence-corrected chi connectivity index (χ3v) is 4.88. The highest BCUT2D eigenvalue weighted by Gasteiger charge is 2.41. The summed E-state index contributed by atoms with van der Waals surface area (Å²) in [6.07, 6.45) is 3.20. The third-order valence-electron chi connectivity index (χ3n) is 4.88. The van der Waals surface area contributed by atoms with E-state index in [-0.39, 0.29) is 17.4 Å². The first-order valence-electron chi connectivity index (χ1n) is 7.94. The van der Waals surface area contributed by atoms with Gasteiger partial charge in [-0.25, -0.2) is 0 Å². The maximum Gasteiger partial charge on any atom is 0.247 e. The fraction of sp³-hybridized carbons (Fsp3) is 0.611. The van der Waals surface area contributed by atoms with E-state index in [1.54, 1.807) is 0 Å². The van der Waals surface area contributed by atoms with Gasteiger partial charge in [0.2, 0.25) is 5.91 Å². The topological polar surface area (TPSA) is 32.3 Å². The fourth-order valence-corrected chi connectivity index (χ4v) is 4.24. The van der Waals surface area contributed by atoms with E-state index < -0.39 is 0 Å². The van der Waals surface area contributed by atoms with E-state index in [0.717, 1.165) is 25.1 Å². The number of anilines is 2. The van der Waals surface area contributed by atoms with Crippen molar-refractivity contribution in [2.45, 2.75) is 53.0 Å². The molecule has 1 aromatic rings. The molecule has 3 heteroatoms. The first kappa shape index (κ1) is 14.4. The highest BCUT2D eigenvalue weighted by molar-refractivity contribution is 6.03. The second kappa shape index (κ2) is 4.75. The molecule has 1 fully saturated rings. The van der Waals surface area contributed by atoms with Crippen molar-refractivity contribution in [1.29, 1.82) is 0 Å². The van der Waals surface area contributed by atoms with Crippen molar-refractivity contribution in [3.05, 3.63) is 24.3 Å². The second-order valence-corrected chi connectivity index (χ2v) is 8.17. The van der Waals surface area contributed by atoms with Gasteiger partial charge in [-0.2, -0.15) is 0 Å². The van der Waals surface area contributed by atoms with Gasteiger partial charge in [0.1, 0.15) is 6.04 Å². The first-order valence-corrected chi connectivity index (χ1v) is 7.94. The van der Waals surface area contributed by atoms with Crippen LogP contribution in [0.4, 0.5) is 11.4 Å². The lowest BCUT2D eigenvalue weighted by Crippen LogP contribution is -2.52. The monoisotopic (exact) mass is 286 g/mol. The molecule has 0 aliphatic carbocycles. The molecular weight excluding hydrogens is 260 g/mol. The average Bonchev–Trinajstić information content (AvgIpc) is 2.35. The Morgan fingerprint density at radius 3 is 2.62 bits per heavy atom. The second-order valence-electron chi connectivity index (χ2n) is 8.17. The van der Waals surface area contributed by atoms with Gasteiger partial charge in [-0.05, 0) is 42.2 Å². The number of para-hydroxylation sites is 2. The molecule has 0 spiro atoms. The number of fused-ring (bicyclic) bond motifs is 3. The van der Waals surface area contributed by atoms with Crippen molar-refractivity contribution in [1.82, 2.24) is 0 Å². The number of hydrogen-bond donors (Lipinski definition) is 1. The van der Waals surface area contributed by atoms with Crippen molar-refractivity contribution in [2.24, 2.45) is 10.8 Å². The molecule has 0 bridgehead atoms. The Labute approximate surface area is 127 Å². The highest BCUT2D eigenvalue weighted by atomic mass is 16.2. The molecule has 1 N–H and O–H groups in total. The lowest BCUT2D eigenvalue weighted by Gasteiger charge is -2.47. The molecule has 1 amide bonds. The van der Waals surface area contributed by atoms with Crippen molar-refractivity contribution in [3.63, 3.8) is 0 Å². The van der Waals surface area contributed by atoms with Crippen LogP contribution < -0.4 is 10.2 Å². The van der Waals surface area contributed by atoms with Crippen molar-refractivity contribution in [2.75, 3.05) is 16.8 Å². The van der Waals surface area contributed by atoms with E-state index in [2.05, 4.69) is 50.0 Å². The molecule has 21 heavy (non-hydrogen) atoms. The molecule has 1 unspecified atom stereocenters. The largest absolute Gasteiger partial charge is 0.358 e. The lowest BCUT2D eigenvalue weighted by molar-refractivity contribution is -0.118. The highest BCUT2D eigenvalue weighted by Crippen LogP contribution is 2.45. The summed E-state index contributed by atoms with van der Waals surface area (Å²) in [6.45, 7) is 10.3. The number of benzene rings is 1. The van der Waals surface area contributed by atoms with Crippen LogP contribution in [0.1, 0.15) is 47.0 Å². The molecule has 0 aromatic heterocycles. The Kier molecular flexibility index (Phi) is 3.27. The number of nitrogens with zero attached hydrogens (tertiary/aromatic N) is 1. The molecule has 2 heterocycles. The quantitative estimate of drug-likeness (QED) is 0.780. The maximum absolute atomic E-state index is 12.6. The number of hydrogen-bond acceptors (Lipinski definition) is 2. The molecular formula is C18H26N2O. The van der Waals surface area contributed by atoms with Gasteiger partial charge >= 0.3 is 0 Å². The van der Waals surface area contributed by atoms with Crippen molar-refractivity contribution < 1.29 is 4.79 Å². The lowest BCUT2D eigenvalue weighted by atomic mass is 9.69. The van der Waals surface area contributed by atoms with Crippen LogP contribution >= 0.6 is 0 Å². The molecule has 114 valence electrons. The van der Waals surface area contributed by atoms with Gasteiger partial charge in [0.25, 0.3) is 0 Å². The van der Waals surface area contributed by atoms with Crippen LogP contribution in [-0.2, 0) is 4.79 Å². The normalized spacial score (nSPS) is 27.0. The Morgan fingerprint density at radius 1 is 1.14 bits per heavy atom. The number of nitrogens with one attached hydrogen (secondary N) is 1. The standard InChI is InChI=1S/C18H26N2O/c1-17(2)9-10-20-14-8-6-5-7-13(14)19-16(21)15(20)11-18(3,4)12-17/h5-8,15H,9-12H2,1-4H3,(H,19,21). The van der Waals surface area contributed by atoms with Gasteiger partial charge in [0.05, 0.1) is 11.4 Å². The third kappa shape index (κ3) is 2.78. The SMILES string of the molecule is CC1(C)CCN2c3ccccc3NC(=O)C2CC(C)(C)C1. The van der Waals surface area contributed by atoms with Crippen molar-refractivity contribution in [3.8, 4) is 0 Å². The predicted octanol–water partition coefficient (Wildman–Crippen LogP) is 4.05. The summed E-state index contributed by atoms with van der Waals surface area (Å²) < 4.78 is 0. The van der Waals surface area contributed by atoms with Gasteiger partial charge in [-0.15, -0.1) is 0 Å². The Bertz CT molecular complexity index is 562. The summed E-state index contributed by atoms with van der Waals surface area (Å²) in [4.78, 5) is 14.9. The molecule has 3 rings (SSSR count). The molecule has 1 saturated heterocycles. The van der Waals surface area contributed by atoms with Gasteiger partial charge in [-0.1, -0.05) is 39.8 Å². The van der Waals surface area contributed by atoms with E-state index in [4.69, 9.17) is 0 Å². The molecule has 2 aliphatic heterocycles. The van der Waals surface area contributed by atoms with Gasteiger partial charge in [0.15, 0.2) is 0 Å². The minimum Gasteiger partial charge on any atom is -0.358 e. The van der Waals surface area contributed by atoms with E-state index >= 15 is 0 Å². The Balaban J connectivity index is 2.01. The number of amides is 1. The van der Waals surface area contributed by atoms with Gasteiger partial charge in [-0.3, -0.25) is 4.79 Å². The van der Waals surface area contributed by atoms with Gasteiger partial charge < -0.3 is 10.2 Å². The van der Waals surface area contributed by atoms with Crippen LogP contribution in [0.2, 0.25) is 0 Å². The van der Waals surface area contributed by atoms with Crippen LogP contribution in [0.25, 0.3) is 0 Å². The zero-order valence-corrected chi connectivity index (χ0v) is 13.6. The molecule has 1 aromatic carbocycles. The zero-order valence-electron chi connectivity index (χ0n) is 13.6. The number of carbonyl (C=O) groups is 1. The van der Waals surface area contributed by atoms with E-state index in [1.807, 2.05) is 12.1 Å². The number of carbonyl (C=O) groups excluding carboxylic acids is 1. The summed E-state index contributed by atoms with van der Waals surface area (Å²) >= 11 is 0. The van der Waals surface area contributed by atoms with E-state index in [1.165, 1.54) is 12.1 Å². The summed E-state index contributed by atoms with van der Waals surface area (Å²) in [6, 6.07) is 8.13. The van der Waals surface area contributed by atoms with Crippen LogP contribution in [-0.4, -0.2) is 18.5 Å². The Hall–Kier alpha value is -1.51. The summed E-state index contributed by atoms with van der Waals surface area (Å²) in [7, 11) is 0. The van der Waals surface area contributed by atoms with Crippen molar-refractivity contribution >= 4 is 17.3 Å². The van der Waals surface area contributed by atoms with Crippen LogP contribution in [0, 0.1) is 10.8 Å². The molecule has 3 nitrogen and oxygen atoms in total. The molecule has 2 aliphatic rings. The Morgan fingerprint density at radius 2 is 1.86 bits per heavy atom. The fourth-order valence-electron chi connectivity index (χ4n) is 4.24. The number of rotatable bonds is 0. The van der Waals surface area contributed by atoms with Crippen LogP contribution in [0.5, 0.6) is 0 Å². The smallest absolute Gasteiger partial charge is 0.247 e. The predicted molar refractivity (Wildman–Crippen MR) is 87.6 cm³/mol. The summed E-state index contributed by atoms with van der Waals surface area (Å²) in [5.41, 5.74) is 2.62. The average molecular weight is 286 g/mol. The zero-order chi connectivity index (χ0) is 15.3. The first-order chi connectivity index (χ1) is 9.77. The maximum atomic E-state index is 12.6. The van der Waals surface area contributed by atoms with Crippen LogP contribution in [0.15, 0.2) is 24.3 Å².